The Balaban J connectivity index is 1.77. The summed E-state index contributed by atoms with van der Waals surface area (Å²) in [4.78, 5) is 29.0. The number of aryl methyl sites for hydroxylation is 2. The van der Waals surface area contributed by atoms with E-state index in [0.29, 0.717) is 48.4 Å². The summed E-state index contributed by atoms with van der Waals surface area (Å²) in [5.41, 5.74) is 2.28. The SMILES string of the molecule is CCCCN=C1CCCC(=O)/C1=C(/O)CCc1noc2c1C(=O)CCC2. The zero-order valence-corrected chi connectivity index (χ0v) is 15.3. The maximum Gasteiger partial charge on any atom is 0.168 e. The van der Waals surface area contributed by atoms with Crippen LogP contribution in [0.4, 0.5) is 0 Å². The molecule has 3 rings (SSSR count). The first-order chi connectivity index (χ1) is 12.6. The van der Waals surface area contributed by atoms with E-state index in [4.69, 9.17) is 4.52 Å². The summed E-state index contributed by atoms with van der Waals surface area (Å²) < 4.78 is 5.28. The Bertz CT molecular complexity index is 758. The zero-order chi connectivity index (χ0) is 18.5. The van der Waals surface area contributed by atoms with Crippen LogP contribution in [0.2, 0.25) is 0 Å². The second-order valence-electron chi connectivity index (χ2n) is 6.98. The number of hydrogen-bond acceptors (Lipinski definition) is 6. The van der Waals surface area contributed by atoms with Crippen molar-refractivity contribution in [2.75, 3.05) is 6.54 Å². The molecule has 6 heteroatoms. The molecule has 0 atom stereocenters. The van der Waals surface area contributed by atoms with Crippen molar-refractivity contribution < 1.29 is 19.2 Å². The molecule has 0 amide bonds. The Morgan fingerprint density at radius 2 is 1.92 bits per heavy atom. The van der Waals surface area contributed by atoms with Gasteiger partial charge in [-0.05, 0) is 25.7 Å². The third-order valence-corrected chi connectivity index (χ3v) is 5.01. The Morgan fingerprint density at radius 3 is 2.73 bits per heavy atom. The van der Waals surface area contributed by atoms with Crippen molar-refractivity contribution in [3.05, 3.63) is 28.3 Å². The summed E-state index contributed by atoms with van der Waals surface area (Å²) in [5, 5.41) is 14.6. The number of unbranched alkanes of at least 4 members (excludes halogenated alkanes) is 1. The van der Waals surface area contributed by atoms with E-state index in [-0.39, 0.29) is 23.7 Å². The average molecular weight is 358 g/mol. The van der Waals surface area contributed by atoms with Gasteiger partial charge in [-0.25, -0.2) is 0 Å². The lowest BCUT2D eigenvalue weighted by Crippen LogP contribution is -2.22. The van der Waals surface area contributed by atoms with Crippen LogP contribution in [0.25, 0.3) is 0 Å². The number of aromatic nitrogens is 1. The molecular weight excluding hydrogens is 332 g/mol. The molecule has 0 aliphatic heterocycles. The van der Waals surface area contributed by atoms with Gasteiger partial charge in [-0.15, -0.1) is 0 Å². The normalized spacial score (nSPS) is 21.2. The smallest absolute Gasteiger partial charge is 0.168 e. The van der Waals surface area contributed by atoms with Crippen molar-refractivity contribution in [1.82, 2.24) is 5.16 Å². The molecule has 1 aromatic rings. The Morgan fingerprint density at radius 1 is 1.15 bits per heavy atom. The number of aliphatic hydroxyl groups is 1. The summed E-state index contributed by atoms with van der Waals surface area (Å²) >= 11 is 0. The number of Topliss-reactive ketones (excluding diaryl/α,β-unsaturated/α-hetero) is 2. The van der Waals surface area contributed by atoms with Gasteiger partial charge in [0.05, 0.1) is 16.8 Å². The minimum absolute atomic E-state index is 0.0396. The Kier molecular flexibility index (Phi) is 6.01. The van der Waals surface area contributed by atoms with Gasteiger partial charge in [0.2, 0.25) is 0 Å². The first kappa shape index (κ1) is 18.5. The van der Waals surface area contributed by atoms with E-state index in [2.05, 4.69) is 17.1 Å². The van der Waals surface area contributed by atoms with E-state index in [1.165, 1.54) is 0 Å². The van der Waals surface area contributed by atoms with E-state index in [1.807, 2.05) is 0 Å². The first-order valence-corrected chi connectivity index (χ1v) is 9.61. The number of allylic oxidation sites excluding steroid dienone is 2. The fourth-order valence-electron chi connectivity index (χ4n) is 3.60. The van der Waals surface area contributed by atoms with Crippen LogP contribution in [0.3, 0.4) is 0 Å². The second-order valence-corrected chi connectivity index (χ2v) is 6.98. The third kappa shape index (κ3) is 3.94. The van der Waals surface area contributed by atoms with Crippen LogP contribution >= 0.6 is 0 Å². The van der Waals surface area contributed by atoms with E-state index < -0.39 is 0 Å². The van der Waals surface area contributed by atoms with Crippen LogP contribution in [0.15, 0.2) is 20.8 Å². The van der Waals surface area contributed by atoms with E-state index in [1.54, 1.807) is 0 Å². The topological polar surface area (TPSA) is 92.8 Å². The molecule has 0 unspecified atom stereocenters. The molecule has 1 saturated carbocycles. The fraction of sp³-hybridized carbons (Fsp3) is 0.600. The van der Waals surface area contributed by atoms with Gasteiger partial charge in [0.1, 0.15) is 11.5 Å². The second kappa shape index (κ2) is 8.43. The molecule has 1 fully saturated rings. The number of nitrogens with zero attached hydrogens (tertiary/aromatic N) is 2. The van der Waals surface area contributed by atoms with Crippen LogP contribution in [0.5, 0.6) is 0 Å². The quantitative estimate of drug-likeness (QED) is 0.472. The molecule has 2 aliphatic carbocycles. The molecular formula is C20H26N2O4. The van der Waals surface area contributed by atoms with Gasteiger partial charge in [0.25, 0.3) is 0 Å². The number of rotatable bonds is 6. The van der Waals surface area contributed by atoms with Crippen LogP contribution in [0, 0.1) is 0 Å². The molecule has 6 nitrogen and oxygen atoms in total. The van der Waals surface area contributed by atoms with Gasteiger partial charge < -0.3 is 9.63 Å². The molecule has 1 N–H and O–H groups in total. The van der Waals surface area contributed by atoms with Crippen LogP contribution in [0.1, 0.15) is 80.1 Å². The standard InChI is InChI=1S/C20H26N2O4/c1-2-3-12-21-13-6-4-7-15(23)19(13)17(25)11-10-14-20-16(24)8-5-9-18(20)26-22-14/h25H,2-12H2,1H3/b19-17+,21-13?. The monoisotopic (exact) mass is 358 g/mol. The molecule has 0 spiro atoms. The minimum atomic E-state index is -0.0396. The molecule has 0 bridgehead atoms. The van der Waals surface area contributed by atoms with Crippen LogP contribution in [-0.2, 0) is 17.6 Å². The van der Waals surface area contributed by atoms with Gasteiger partial charge in [-0.1, -0.05) is 18.5 Å². The lowest BCUT2D eigenvalue weighted by molar-refractivity contribution is -0.115. The van der Waals surface area contributed by atoms with Gasteiger partial charge >= 0.3 is 0 Å². The van der Waals surface area contributed by atoms with Crippen LogP contribution in [-0.4, -0.2) is 34.1 Å². The number of carbonyl (C=O) groups excluding carboxylic acids is 2. The van der Waals surface area contributed by atoms with E-state index in [9.17, 15) is 14.7 Å². The van der Waals surface area contributed by atoms with E-state index >= 15 is 0 Å². The highest BCUT2D eigenvalue weighted by Crippen LogP contribution is 2.27. The van der Waals surface area contributed by atoms with Crippen molar-refractivity contribution in [2.24, 2.45) is 4.99 Å². The van der Waals surface area contributed by atoms with Crippen molar-refractivity contribution >= 4 is 17.3 Å². The largest absolute Gasteiger partial charge is 0.511 e. The average Bonchev–Trinajstić information content (AvgIpc) is 3.04. The molecule has 1 heterocycles. The lowest BCUT2D eigenvalue weighted by atomic mass is 9.88. The molecule has 2 aliphatic rings. The summed E-state index contributed by atoms with van der Waals surface area (Å²) in [6.45, 7) is 2.78. The third-order valence-electron chi connectivity index (χ3n) is 5.01. The number of fused-ring (bicyclic) bond motifs is 1. The van der Waals surface area contributed by atoms with Gasteiger partial charge in [0, 0.05) is 44.4 Å². The number of ketones is 2. The Hall–Kier alpha value is -2.24. The maximum atomic E-state index is 12.3. The summed E-state index contributed by atoms with van der Waals surface area (Å²) in [7, 11) is 0. The number of carbonyl (C=O) groups is 2. The first-order valence-electron chi connectivity index (χ1n) is 9.61. The molecule has 26 heavy (non-hydrogen) atoms. The van der Waals surface area contributed by atoms with Gasteiger partial charge in [-0.3, -0.25) is 14.6 Å². The Labute approximate surface area is 153 Å². The maximum absolute atomic E-state index is 12.3. The van der Waals surface area contributed by atoms with Gasteiger partial charge in [0.15, 0.2) is 11.6 Å². The predicted molar refractivity (Wildman–Crippen MR) is 97.8 cm³/mol. The van der Waals surface area contributed by atoms with E-state index in [0.717, 1.165) is 44.2 Å². The fourth-order valence-corrected chi connectivity index (χ4v) is 3.60. The van der Waals surface area contributed by atoms with Crippen molar-refractivity contribution in [2.45, 2.75) is 71.1 Å². The highest BCUT2D eigenvalue weighted by atomic mass is 16.5. The summed E-state index contributed by atoms with van der Waals surface area (Å²) in [6, 6.07) is 0. The van der Waals surface area contributed by atoms with Gasteiger partial charge in [-0.2, -0.15) is 0 Å². The zero-order valence-electron chi connectivity index (χ0n) is 15.3. The predicted octanol–water partition coefficient (Wildman–Crippen LogP) is 3.93. The summed E-state index contributed by atoms with van der Waals surface area (Å²) in [5.74, 6) is 0.733. The highest BCUT2D eigenvalue weighted by molar-refractivity contribution is 6.24. The number of aliphatic imine (C=N–C) groups is 1. The van der Waals surface area contributed by atoms with Crippen LogP contribution < -0.4 is 0 Å². The molecule has 0 aromatic carbocycles. The molecule has 0 radical (unpaired) electrons. The van der Waals surface area contributed by atoms with Crippen molar-refractivity contribution in [1.29, 1.82) is 0 Å². The number of hydrogen-bond donors (Lipinski definition) is 1. The number of aliphatic hydroxyl groups excluding tert-OH is 1. The highest BCUT2D eigenvalue weighted by Gasteiger charge is 2.28. The molecule has 0 saturated heterocycles. The lowest BCUT2D eigenvalue weighted by Gasteiger charge is -2.18. The minimum Gasteiger partial charge on any atom is -0.511 e. The molecule has 140 valence electrons. The van der Waals surface area contributed by atoms with Crippen molar-refractivity contribution in [3.8, 4) is 0 Å². The van der Waals surface area contributed by atoms with Crippen molar-refractivity contribution in [3.63, 3.8) is 0 Å². The molecule has 1 aromatic heterocycles. The summed E-state index contributed by atoms with van der Waals surface area (Å²) in [6.07, 6.45) is 6.66.